The Morgan fingerprint density at radius 3 is 2.20 bits per heavy atom. The normalized spacial score (nSPS) is 12.4. The first-order valence-electron chi connectivity index (χ1n) is 8.53. The van der Waals surface area contributed by atoms with Crippen LogP contribution in [0.4, 0.5) is 0 Å². The fourth-order valence-corrected chi connectivity index (χ4v) is 2.61. The van der Waals surface area contributed by atoms with Gasteiger partial charge in [0.15, 0.2) is 0 Å². The molecule has 3 aromatic rings. The summed E-state index contributed by atoms with van der Waals surface area (Å²) < 4.78 is 11.8. The van der Waals surface area contributed by atoms with E-state index < -0.39 is 0 Å². The van der Waals surface area contributed by atoms with Crippen molar-refractivity contribution in [2.24, 2.45) is 0 Å². The van der Waals surface area contributed by atoms with E-state index in [1.807, 2.05) is 61.5 Å². The number of rotatable bonds is 6. The number of ether oxygens (including phenoxy) is 1. The molecule has 130 valence electrons. The molecule has 0 aliphatic carbocycles. The number of hydrogen-bond donors (Lipinski definition) is 1. The number of nitrogens with zero attached hydrogens (tertiary/aromatic N) is 1. The van der Waals surface area contributed by atoms with E-state index in [0.717, 1.165) is 28.5 Å². The van der Waals surface area contributed by atoms with Crippen molar-refractivity contribution in [3.05, 3.63) is 66.1 Å². The summed E-state index contributed by atoms with van der Waals surface area (Å²) in [5, 5.41) is 9.45. The molecule has 1 atom stereocenters. The van der Waals surface area contributed by atoms with E-state index in [4.69, 9.17) is 9.15 Å². The van der Waals surface area contributed by atoms with E-state index in [-0.39, 0.29) is 18.4 Å². The molecule has 0 saturated heterocycles. The molecule has 3 rings (SSSR count). The van der Waals surface area contributed by atoms with Crippen molar-refractivity contribution in [1.82, 2.24) is 4.98 Å². The predicted molar refractivity (Wildman–Crippen MR) is 98.0 cm³/mol. The molecule has 0 bridgehead atoms. The monoisotopic (exact) mass is 337 g/mol. The average molecular weight is 337 g/mol. The second-order valence-electron chi connectivity index (χ2n) is 6.45. The van der Waals surface area contributed by atoms with Crippen molar-refractivity contribution >= 4 is 0 Å². The number of hydrogen-bond acceptors (Lipinski definition) is 4. The average Bonchev–Trinajstić information content (AvgIpc) is 3.08. The standard InChI is InChI=1S/C21H23NO3/c1-14(2)19-20(15(3)13-23)25-21(22-19)16-9-11-18(12-10-16)24-17-7-5-4-6-8-17/h4-12,14-15,23H,13H2,1-3H3. The Morgan fingerprint density at radius 1 is 0.960 bits per heavy atom. The quantitative estimate of drug-likeness (QED) is 0.658. The highest BCUT2D eigenvalue weighted by atomic mass is 16.5. The Morgan fingerprint density at radius 2 is 1.60 bits per heavy atom. The zero-order valence-corrected chi connectivity index (χ0v) is 14.8. The van der Waals surface area contributed by atoms with Gasteiger partial charge in [0.1, 0.15) is 17.3 Å². The third-order valence-electron chi connectivity index (χ3n) is 4.03. The number of benzene rings is 2. The van der Waals surface area contributed by atoms with Crippen LogP contribution in [0.15, 0.2) is 59.0 Å². The molecular formula is C21H23NO3. The number of aromatic nitrogens is 1. The molecule has 0 aliphatic rings. The van der Waals surface area contributed by atoms with Gasteiger partial charge in [0.2, 0.25) is 5.89 Å². The largest absolute Gasteiger partial charge is 0.457 e. The summed E-state index contributed by atoms with van der Waals surface area (Å²) >= 11 is 0. The minimum atomic E-state index is -0.0701. The minimum Gasteiger partial charge on any atom is -0.457 e. The molecular weight excluding hydrogens is 314 g/mol. The van der Waals surface area contributed by atoms with Crippen molar-refractivity contribution in [2.45, 2.75) is 32.6 Å². The smallest absolute Gasteiger partial charge is 0.226 e. The van der Waals surface area contributed by atoms with E-state index in [1.54, 1.807) is 0 Å². The Labute approximate surface area is 148 Å². The first kappa shape index (κ1) is 17.2. The molecule has 4 heteroatoms. The lowest BCUT2D eigenvalue weighted by Gasteiger charge is -2.08. The van der Waals surface area contributed by atoms with Crippen LogP contribution in [-0.2, 0) is 0 Å². The molecule has 1 aromatic heterocycles. The van der Waals surface area contributed by atoms with Crippen molar-refractivity contribution in [2.75, 3.05) is 6.61 Å². The van der Waals surface area contributed by atoms with Gasteiger partial charge < -0.3 is 14.3 Å². The Balaban J connectivity index is 1.85. The van der Waals surface area contributed by atoms with E-state index in [0.29, 0.717) is 5.89 Å². The van der Waals surface area contributed by atoms with Gasteiger partial charge in [-0.3, -0.25) is 0 Å². The maximum atomic E-state index is 9.45. The zero-order chi connectivity index (χ0) is 17.8. The number of aliphatic hydroxyl groups excluding tert-OH is 1. The maximum absolute atomic E-state index is 9.45. The second-order valence-corrected chi connectivity index (χ2v) is 6.45. The lowest BCUT2D eigenvalue weighted by Crippen LogP contribution is -2.02. The van der Waals surface area contributed by atoms with Crippen LogP contribution < -0.4 is 4.74 Å². The maximum Gasteiger partial charge on any atom is 0.226 e. The van der Waals surface area contributed by atoms with Crippen LogP contribution >= 0.6 is 0 Å². The lowest BCUT2D eigenvalue weighted by molar-refractivity contribution is 0.257. The number of aliphatic hydroxyl groups is 1. The Kier molecular flexibility index (Phi) is 5.19. The number of para-hydroxylation sites is 1. The van der Waals surface area contributed by atoms with Crippen LogP contribution in [0.25, 0.3) is 11.5 Å². The molecule has 0 aliphatic heterocycles. The summed E-state index contributed by atoms with van der Waals surface area (Å²) in [4.78, 5) is 4.64. The first-order chi connectivity index (χ1) is 12.1. The summed E-state index contributed by atoms with van der Waals surface area (Å²) in [7, 11) is 0. The van der Waals surface area contributed by atoms with Gasteiger partial charge in [-0.15, -0.1) is 0 Å². The van der Waals surface area contributed by atoms with Gasteiger partial charge in [0.05, 0.1) is 12.3 Å². The molecule has 0 radical (unpaired) electrons. The molecule has 1 N–H and O–H groups in total. The van der Waals surface area contributed by atoms with Gasteiger partial charge in [-0.2, -0.15) is 0 Å². The van der Waals surface area contributed by atoms with Crippen LogP contribution in [0.3, 0.4) is 0 Å². The third-order valence-corrected chi connectivity index (χ3v) is 4.03. The van der Waals surface area contributed by atoms with Gasteiger partial charge in [-0.05, 0) is 42.3 Å². The summed E-state index contributed by atoms with van der Waals surface area (Å²) in [5.74, 6) is 3.06. The van der Waals surface area contributed by atoms with Crippen molar-refractivity contribution in [3.8, 4) is 23.0 Å². The SMILES string of the molecule is CC(C)c1nc(-c2ccc(Oc3ccccc3)cc2)oc1C(C)CO. The molecule has 1 heterocycles. The summed E-state index contributed by atoms with van der Waals surface area (Å²) in [6, 6.07) is 17.3. The fraction of sp³-hybridized carbons (Fsp3) is 0.286. The van der Waals surface area contributed by atoms with Crippen molar-refractivity contribution in [1.29, 1.82) is 0 Å². The first-order valence-corrected chi connectivity index (χ1v) is 8.53. The molecule has 0 spiro atoms. The fourth-order valence-electron chi connectivity index (χ4n) is 2.61. The van der Waals surface area contributed by atoms with Gasteiger partial charge >= 0.3 is 0 Å². The van der Waals surface area contributed by atoms with Gasteiger partial charge in [0.25, 0.3) is 0 Å². The van der Waals surface area contributed by atoms with Gasteiger partial charge in [-0.1, -0.05) is 39.0 Å². The van der Waals surface area contributed by atoms with Crippen molar-refractivity contribution in [3.63, 3.8) is 0 Å². The lowest BCUT2D eigenvalue weighted by atomic mass is 10.0. The Hall–Kier alpha value is -2.59. The van der Waals surface area contributed by atoms with E-state index in [1.165, 1.54) is 0 Å². The van der Waals surface area contributed by atoms with Crippen LogP contribution in [0.2, 0.25) is 0 Å². The highest BCUT2D eigenvalue weighted by molar-refractivity contribution is 5.55. The van der Waals surface area contributed by atoms with Crippen LogP contribution in [0.1, 0.15) is 44.1 Å². The zero-order valence-electron chi connectivity index (χ0n) is 14.8. The Bertz CT molecular complexity index is 807. The van der Waals surface area contributed by atoms with E-state index >= 15 is 0 Å². The molecule has 1 unspecified atom stereocenters. The molecule has 0 saturated carbocycles. The van der Waals surface area contributed by atoms with E-state index in [2.05, 4.69) is 18.8 Å². The second kappa shape index (κ2) is 7.53. The van der Waals surface area contributed by atoms with Crippen molar-refractivity contribution < 1.29 is 14.3 Å². The molecule has 0 amide bonds. The molecule has 4 nitrogen and oxygen atoms in total. The van der Waals surface area contributed by atoms with Gasteiger partial charge in [0, 0.05) is 11.5 Å². The molecule has 25 heavy (non-hydrogen) atoms. The van der Waals surface area contributed by atoms with Crippen LogP contribution in [-0.4, -0.2) is 16.7 Å². The highest BCUT2D eigenvalue weighted by Crippen LogP contribution is 2.32. The van der Waals surface area contributed by atoms with Gasteiger partial charge in [-0.25, -0.2) is 4.98 Å². The summed E-state index contributed by atoms with van der Waals surface area (Å²) in [5.41, 5.74) is 1.79. The molecule has 2 aromatic carbocycles. The summed E-state index contributed by atoms with van der Waals surface area (Å²) in [6.07, 6.45) is 0. The third kappa shape index (κ3) is 3.91. The van der Waals surface area contributed by atoms with Crippen LogP contribution in [0.5, 0.6) is 11.5 Å². The number of oxazole rings is 1. The topological polar surface area (TPSA) is 55.5 Å². The van der Waals surface area contributed by atoms with E-state index in [9.17, 15) is 5.11 Å². The highest BCUT2D eigenvalue weighted by Gasteiger charge is 2.21. The van der Waals surface area contributed by atoms with Crippen LogP contribution in [0, 0.1) is 0 Å². The summed E-state index contributed by atoms with van der Waals surface area (Å²) in [6.45, 7) is 6.13. The minimum absolute atomic E-state index is 0.0399. The molecule has 0 fully saturated rings. The predicted octanol–water partition coefficient (Wildman–Crippen LogP) is 5.35.